The van der Waals surface area contributed by atoms with E-state index in [4.69, 9.17) is 5.11 Å². The molecule has 2 aromatic heterocycles. The molecule has 120 valence electrons. The van der Waals surface area contributed by atoms with E-state index in [0.717, 1.165) is 12.1 Å². The Balaban J connectivity index is 2.26. The smallest absolute Gasteiger partial charge is 0.416 e. The molecule has 1 aromatic carbocycles. The van der Waals surface area contributed by atoms with Crippen LogP contribution in [-0.4, -0.2) is 20.5 Å². The van der Waals surface area contributed by atoms with E-state index in [-0.39, 0.29) is 23.9 Å². The van der Waals surface area contributed by atoms with Crippen molar-refractivity contribution in [1.82, 2.24) is 9.38 Å². The highest BCUT2D eigenvalue weighted by atomic mass is 19.4. The van der Waals surface area contributed by atoms with Crippen molar-refractivity contribution >= 4 is 22.5 Å². The molecule has 0 aliphatic heterocycles. The van der Waals surface area contributed by atoms with Crippen LogP contribution in [0.3, 0.4) is 0 Å². The van der Waals surface area contributed by atoms with Crippen LogP contribution in [0.4, 0.5) is 13.2 Å². The number of carbonyl (C=O) groups is 1. The zero-order chi connectivity index (χ0) is 16.8. The first-order valence-electron chi connectivity index (χ1n) is 6.73. The molecule has 0 atom stereocenters. The largest absolute Gasteiger partial charge is 0.481 e. The summed E-state index contributed by atoms with van der Waals surface area (Å²) in [4.78, 5) is 25.2. The van der Waals surface area contributed by atoms with Crippen LogP contribution < -0.4 is 5.56 Å². The summed E-state index contributed by atoms with van der Waals surface area (Å²) in [6.45, 7) is 0. The molecule has 8 heteroatoms. The highest BCUT2D eigenvalue weighted by Crippen LogP contribution is 2.31. The van der Waals surface area contributed by atoms with Gasteiger partial charge in [0.15, 0.2) is 0 Å². The average Bonchev–Trinajstić information content (AvgIpc) is 2.88. The van der Waals surface area contributed by atoms with E-state index in [1.165, 1.54) is 16.5 Å². The van der Waals surface area contributed by atoms with Crippen LogP contribution in [0, 0.1) is 0 Å². The first-order chi connectivity index (χ1) is 10.8. The third-order valence-electron chi connectivity index (χ3n) is 3.60. The van der Waals surface area contributed by atoms with Crippen molar-refractivity contribution < 1.29 is 23.1 Å². The number of alkyl halides is 3. The monoisotopic (exact) mass is 324 g/mol. The topological polar surface area (TPSA) is 74.6 Å². The van der Waals surface area contributed by atoms with Crippen LogP contribution >= 0.6 is 0 Å². The van der Waals surface area contributed by atoms with Crippen molar-refractivity contribution in [3.8, 4) is 0 Å². The molecule has 0 aliphatic carbocycles. The first-order valence-corrected chi connectivity index (χ1v) is 6.73. The number of nitrogens with zero attached hydrogens (tertiary/aromatic N) is 1. The molecule has 23 heavy (non-hydrogen) atoms. The zero-order valence-electron chi connectivity index (χ0n) is 11.6. The summed E-state index contributed by atoms with van der Waals surface area (Å²) in [5, 5.41) is 8.78. The zero-order valence-corrected chi connectivity index (χ0v) is 11.6. The first kappa shape index (κ1) is 15.1. The number of aromatic nitrogens is 2. The third kappa shape index (κ3) is 2.67. The van der Waals surface area contributed by atoms with Crippen molar-refractivity contribution in [2.75, 3.05) is 0 Å². The van der Waals surface area contributed by atoms with Gasteiger partial charge in [0.25, 0.3) is 5.56 Å². The van der Waals surface area contributed by atoms with Gasteiger partial charge in [-0.15, -0.1) is 0 Å². The van der Waals surface area contributed by atoms with E-state index in [9.17, 15) is 22.8 Å². The number of hydrogen-bond donors (Lipinski definition) is 2. The van der Waals surface area contributed by atoms with Gasteiger partial charge in [0.05, 0.1) is 23.0 Å². The second-order valence-electron chi connectivity index (χ2n) is 5.12. The van der Waals surface area contributed by atoms with Crippen molar-refractivity contribution in [3.63, 3.8) is 0 Å². The quantitative estimate of drug-likeness (QED) is 0.778. The summed E-state index contributed by atoms with van der Waals surface area (Å²) in [5.41, 5.74) is -0.142. The van der Waals surface area contributed by atoms with E-state index >= 15 is 0 Å². The molecule has 0 fully saturated rings. The van der Waals surface area contributed by atoms with Crippen LogP contribution in [0.25, 0.3) is 16.6 Å². The molecule has 0 radical (unpaired) electrons. The summed E-state index contributed by atoms with van der Waals surface area (Å²) in [7, 11) is 0. The molecular weight excluding hydrogens is 313 g/mol. The number of benzene rings is 1. The van der Waals surface area contributed by atoms with Crippen LogP contribution in [-0.2, 0) is 17.4 Å². The highest BCUT2D eigenvalue weighted by Gasteiger charge is 2.30. The lowest BCUT2D eigenvalue weighted by Gasteiger charge is -2.10. The summed E-state index contributed by atoms with van der Waals surface area (Å²) >= 11 is 0. The maximum Gasteiger partial charge on any atom is 0.416 e. The molecule has 2 N–H and O–H groups in total. The van der Waals surface area contributed by atoms with Crippen molar-refractivity contribution in [1.29, 1.82) is 0 Å². The Morgan fingerprint density at radius 2 is 1.87 bits per heavy atom. The molecule has 0 spiro atoms. The Labute approximate surface area is 127 Å². The molecule has 5 nitrogen and oxygen atoms in total. The Bertz CT molecular complexity index is 970. The molecule has 3 aromatic rings. The third-order valence-corrected chi connectivity index (χ3v) is 3.60. The standard InChI is InChI=1S/C15H11F3N2O3/c16-15(17,18)8-1-4-11-10(7-8)19-14(23)12-5-2-9(20(11)12)3-6-13(21)22/h1-2,4-5,7H,3,6H2,(H,19,23)(H,21,22). The van der Waals surface area contributed by atoms with Crippen LogP contribution in [0.2, 0.25) is 0 Å². The summed E-state index contributed by atoms with van der Waals surface area (Å²) < 4.78 is 39.9. The molecule has 0 unspecified atom stereocenters. The van der Waals surface area contributed by atoms with Gasteiger partial charge < -0.3 is 14.5 Å². The Morgan fingerprint density at radius 3 is 2.52 bits per heavy atom. The molecule has 0 saturated heterocycles. The van der Waals surface area contributed by atoms with Gasteiger partial charge >= 0.3 is 12.1 Å². The van der Waals surface area contributed by atoms with E-state index in [1.54, 1.807) is 6.07 Å². The van der Waals surface area contributed by atoms with E-state index in [0.29, 0.717) is 11.2 Å². The number of carboxylic acids is 1. The Morgan fingerprint density at radius 1 is 1.17 bits per heavy atom. The van der Waals surface area contributed by atoms with E-state index < -0.39 is 23.3 Å². The van der Waals surface area contributed by atoms with Crippen molar-refractivity contribution in [3.05, 3.63) is 51.9 Å². The Hall–Kier alpha value is -2.77. The maximum absolute atomic E-state index is 12.8. The SMILES string of the molecule is O=C(O)CCc1ccc2c(=O)[nH]c3cc(C(F)(F)F)ccc3n12. The number of aryl methyl sites for hydroxylation is 1. The molecule has 3 rings (SSSR count). The molecular formula is C15H11F3N2O3. The number of carboxylic acid groups (broad SMARTS) is 1. The lowest BCUT2D eigenvalue weighted by atomic mass is 10.1. The highest BCUT2D eigenvalue weighted by molar-refractivity contribution is 5.79. The van der Waals surface area contributed by atoms with Gasteiger partial charge in [-0.25, -0.2) is 0 Å². The number of rotatable bonds is 3. The van der Waals surface area contributed by atoms with Gasteiger partial charge in [-0.1, -0.05) is 0 Å². The molecule has 0 aliphatic rings. The number of fused-ring (bicyclic) bond motifs is 3. The predicted octanol–water partition coefficient (Wildman–Crippen LogP) is 2.82. The summed E-state index contributed by atoms with van der Waals surface area (Å²) in [6, 6.07) is 6.20. The molecule has 0 amide bonds. The molecule has 0 saturated carbocycles. The fourth-order valence-corrected chi connectivity index (χ4v) is 2.56. The molecule has 2 heterocycles. The summed E-state index contributed by atoms with van der Waals surface area (Å²) in [5.74, 6) is -0.992. The van der Waals surface area contributed by atoms with Gasteiger partial charge in [0.1, 0.15) is 5.52 Å². The number of nitrogens with one attached hydrogen (secondary N) is 1. The second kappa shape index (κ2) is 5.15. The predicted molar refractivity (Wildman–Crippen MR) is 76.5 cm³/mol. The van der Waals surface area contributed by atoms with Crippen molar-refractivity contribution in [2.45, 2.75) is 19.0 Å². The second-order valence-corrected chi connectivity index (χ2v) is 5.12. The maximum atomic E-state index is 12.8. The minimum absolute atomic E-state index is 0.0464. The Kier molecular flexibility index (Phi) is 3.39. The fourth-order valence-electron chi connectivity index (χ4n) is 2.56. The minimum atomic E-state index is -4.51. The van der Waals surface area contributed by atoms with Crippen molar-refractivity contribution in [2.24, 2.45) is 0 Å². The lowest BCUT2D eigenvalue weighted by Crippen LogP contribution is -2.13. The van der Waals surface area contributed by atoms with Gasteiger partial charge in [-0.3, -0.25) is 9.59 Å². The number of H-pyrrole nitrogens is 1. The average molecular weight is 324 g/mol. The van der Waals surface area contributed by atoms with Gasteiger partial charge in [0, 0.05) is 5.69 Å². The van der Waals surface area contributed by atoms with Gasteiger partial charge in [-0.05, 0) is 36.8 Å². The number of aromatic amines is 1. The van der Waals surface area contributed by atoms with Crippen LogP contribution in [0.15, 0.2) is 35.1 Å². The van der Waals surface area contributed by atoms with Gasteiger partial charge in [-0.2, -0.15) is 13.2 Å². The number of halogens is 3. The fraction of sp³-hybridized carbons (Fsp3) is 0.200. The molecule has 0 bridgehead atoms. The minimum Gasteiger partial charge on any atom is -0.481 e. The van der Waals surface area contributed by atoms with Crippen LogP contribution in [0.5, 0.6) is 0 Å². The summed E-state index contributed by atoms with van der Waals surface area (Å²) in [6.07, 6.45) is -4.48. The lowest BCUT2D eigenvalue weighted by molar-refractivity contribution is -0.138. The number of hydrogen-bond acceptors (Lipinski definition) is 2. The number of aliphatic carboxylic acids is 1. The normalized spacial score (nSPS) is 12.1. The van der Waals surface area contributed by atoms with E-state index in [2.05, 4.69) is 4.98 Å². The van der Waals surface area contributed by atoms with Gasteiger partial charge in [0.2, 0.25) is 0 Å². The van der Waals surface area contributed by atoms with Crippen LogP contribution in [0.1, 0.15) is 17.7 Å². The van der Waals surface area contributed by atoms with E-state index in [1.807, 2.05) is 0 Å².